The molecule has 0 aliphatic rings. The van der Waals surface area contributed by atoms with Crippen molar-refractivity contribution in [2.75, 3.05) is 13.7 Å². The van der Waals surface area contributed by atoms with Gasteiger partial charge in [-0.1, -0.05) is 24.3 Å². The molecule has 2 aromatic rings. The molecule has 6 heteroatoms. The van der Waals surface area contributed by atoms with E-state index in [2.05, 4.69) is 10.3 Å². The molecule has 1 amide bonds. The number of carbonyl (C=O) groups excluding carboxylic acids is 1. The molecule has 0 fully saturated rings. The van der Waals surface area contributed by atoms with Gasteiger partial charge in [0.15, 0.2) is 5.54 Å². The second-order valence-electron chi connectivity index (χ2n) is 4.91. The molecule has 0 saturated heterocycles. The Morgan fingerprint density at radius 2 is 2.05 bits per heavy atom. The second-order valence-corrected chi connectivity index (χ2v) is 4.91. The number of methoxy groups -OCH3 is 1. The molecule has 0 radical (unpaired) electrons. The van der Waals surface area contributed by atoms with Crippen LogP contribution in [-0.2, 0) is 9.53 Å². The van der Waals surface area contributed by atoms with Crippen LogP contribution in [0.15, 0.2) is 36.5 Å². The highest BCUT2D eigenvalue weighted by Gasteiger charge is 2.35. The minimum absolute atomic E-state index is 0.140. The number of ether oxygens (including phenoxy) is 1. The third-order valence-corrected chi connectivity index (χ3v) is 3.18. The Labute approximate surface area is 121 Å². The van der Waals surface area contributed by atoms with Crippen molar-refractivity contribution in [2.24, 2.45) is 0 Å². The summed E-state index contributed by atoms with van der Waals surface area (Å²) in [6, 6.07) is 9.07. The van der Waals surface area contributed by atoms with Crippen molar-refractivity contribution in [1.82, 2.24) is 10.3 Å². The number of aromatic nitrogens is 1. The molecule has 0 bridgehead atoms. The quantitative estimate of drug-likeness (QED) is 0.869. The van der Waals surface area contributed by atoms with E-state index in [-0.39, 0.29) is 12.3 Å². The molecule has 1 aromatic heterocycles. The summed E-state index contributed by atoms with van der Waals surface area (Å²) < 4.78 is 4.88. The molecule has 1 unspecified atom stereocenters. The summed E-state index contributed by atoms with van der Waals surface area (Å²) in [5.41, 5.74) is -1.32. The molecule has 21 heavy (non-hydrogen) atoms. The van der Waals surface area contributed by atoms with Crippen molar-refractivity contribution in [3.8, 4) is 0 Å². The molecule has 2 N–H and O–H groups in total. The SMILES string of the molecule is COCC(C)(NC(=O)c1nccc2ccccc12)C(=O)O. The number of aliphatic carboxylic acids is 1. The van der Waals surface area contributed by atoms with Gasteiger partial charge in [-0.25, -0.2) is 4.79 Å². The number of nitrogens with zero attached hydrogens (tertiary/aromatic N) is 1. The summed E-state index contributed by atoms with van der Waals surface area (Å²) >= 11 is 0. The number of hydrogen-bond donors (Lipinski definition) is 2. The predicted octanol–water partition coefficient (Wildman–Crippen LogP) is 1.45. The number of nitrogens with one attached hydrogen (secondary N) is 1. The first kappa shape index (κ1) is 14.9. The van der Waals surface area contributed by atoms with Crippen LogP contribution in [0.3, 0.4) is 0 Å². The second kappa shape index (κ2) is 5.88. The van der Waals surface area contributed by atoms with Gasteiger partial charge in [-0.05, 0) is 18.4 Å². The van der Waals surface area contributed by atoms with Gasteiger partial charge in [0.1, 0.15) is 5.69 Å². The molecule has 0 aliphatic heterocycles. The number of carboxylic acid groups (broad SMARTS) is 1. The monoisotopic (exact) mass is 288 g/mol. The third-order valence-electron chi connectivity index (χ3n) is 3.18. The minimum atomic E-state index is -1.51. The molecule has 1 atom stereocenters. The standard InChI is InChI=1S/C15H16N2O4/c1-15(9-21-2,14(19)20)17-13(18)12-11-6-4-3-5-10(11)7-8-16-12/h3-8H,9H2,1-2H3,(H,17,18)(H,19,20). The highest BCUT2D eigenvalue weighted by Crippen LogP contribution is 2.17. The maximum atomic E-state index is 12.4. The van der Waals surface area contributed by atoms with Crippen LogP contribution in [0.2, 0.25) is 0 Å². The first-order chi connectivity index (χ1) is 9.98. The van der Waals surface area contributed by atoms with Crippen molar-refractivity contribution in [1.29, 1.82) is 0 Å². The number of carboxylic acids is 1. The molecule has 110 valence electrons. The normalized spacial score (nSPS) is 13.6. The summed E-state index contributed by atoms with van der Waals surface area (Å²) in [6.45, 7) is 1.25. The van der Waals surface area contributed by atoms with E-state index < -0.39 is 17.4 Å². The summed E-state index contributed by atoms with van der Waals surface area (Å²) in [6.07, 6.45) is 1.52. The first-order valence-corrected chi connectivity index (χ1v) is 6.36. The van der Waals surface area contributed by atoms with Gasteiger partial charge in [-0.15, -0.1) is 0 Å². The average molecular weight is 288 g/mol. The van der Waals surface area contributed by atoms with Gasteiger partial charge in [-0.2, -0.15) is 0 Å². The molecule has 6 nitrogen and oxygen atoms in total. The highest BCUT2D eigenvalue weighted by atomic mass is 16.5. The van der Waals surface area contributed by atoms with Crippen LogP contribution >= 0.6 is 0 Å². The summed E-state index contributed by atoms with van der Waals surface area (Å²) in [5.74, 6) is -1.72. The van der Waals surface area contributed by atoms with E-state index in [0.29, 0.717) is 5.39 Å². The number of pyridine rings is 1. The zero-order valence-electron chi connectivity index (χ0n) is 11.8. The summed E-state index contributed by atoms with van der Waals surface area (Å²) in [7, 11) is 1.38. The molecular weight excluding hydrogens is 272 g/mol. The van der Waals surface area contributed by atoms with Gasteiger partial charge in [0, 0.05) is 18.7 Å². The molecule has 0 saturated carbocycles. The summed E-state index contributed by atoms with van der Waals surface area (Å²) in [4.78, 5) is 27.8. The Hall–Kier alpha value is -2.47. The predicted molar refractivity (Wildman–Crippen MR) is 77.1 cm³/mol. The fourth-order valence-corrected chi connectivity index (χ4v) is 2.05. The Kier molecular flexibility index (Phi) is 4.18. The Morgan fingerprint density at radius 1 is 1.33 bits per heavy atom. The van der Waals surface area contributed by atoms with E-state index in [1.54, 1.807) is 18.2 Å². The van der Waals surface area contributed by atoms with Crippen LogP contribution in [0.5, 0.6) is 0 Å². The minimum Gasteiger partial charge on any atom is -0.479 e. The van der Waals surface area contributed by atoms with Crippen LogP contribution in [0.1, 0.15) is 17.4 Å². The summed E-state index contributed by atoms with van der Waals surface area (Å²) in [5, 5.41) is 13.3. The zero-order chi connectivity index (χ0) is 15.5. The van der Waals surface area contributed by atoms with E-state index in [0.717, 1.165) is 5.39 Å². The van der Waals surface area contributed by atoms with Crippen molar-refractivity contribution in [2.45, 2.75) is 12.5 Å². The maximum absolute atomic E-state index is 12.4. The molecule has 0 spiro atoms. The van der Waals surface area contributed by atoms with E-state index >= 15 is 0 Å². The molecular formula is C15H16N2O4. The largest absolute Gasteiger partial charge is 0.479 e. The Bertz CT molecular complexity index is 681. The van der Waals surface area contributed by atoms with Gasteiger partial charge in [0.05, 0.1) is 6.61 Å². The molecule has 1 heterocycles. The van der Waals surface area contributed by atoms with Crippen LogP contribution < -0.4 is 5.32 Å². The van der Waals surface area contributed by atoms with E-state index in [9.17, 15) is 14.7 Å². The van der Waals surface area contributed by atoms with Crippen molar-refractivity contribution in [3.63, 3.8) is 0 Å². The number of benzene rings is 1. The van der Waals surface area contributed by atoms with E-state index in [4.69, 9.17) is 4.74 Å². The van der Waals surface area contributed by atoms with Crippen LogP contribution in [-0.4, -0.2) is 41.2 Å². The van der Waals surface area contributed by atoms with E-state index in [1.165, 1.54) is 20.2 Å². The van der Waals surface area contributed by atoms with Crippen LogP contribution in [0.4, 0.5) is 0 Å². The number of amides is 1. The third kappa shape index (κ3) is 3.00. The lowest BCUT2D eigenvalue weighted by atomic mass is 10.0. The van der Waals surface area contributed by atoms with Gasteiger partial charge in [-0.3, -0.25) is 9.78 Å². The Balaban J connectivity index is 2.36. The lowest BCUT2D eigenvalue weighted by Crippen LogP contribution is -2.55. The number of rotatable bonds is 5. The maximum Gasteiger partial charge on any atom is 0.331 e. The lowest BCUT2D eigenvalue weighted by Gasteiger charge is -2.25. The first-order valence-electron chi connectivity index (χ1n) is 6.36. The number of carbonyl (C=O) groups is 2. The van der Waals surface area contributed by atoms with Crippen molar-refractivity contribution >= 4 is 22.6 Å². The van der Waals surface area contributed by atoms with Gasteiger partial charge in [0.2, 0.25) is 0 Å². The van der Waals surface area contributed by atoms with Crippen LogP contribution in [0.25, 0.3) is 10.8 Å². The van der Waals surface area contributed by atoms with Gasteiger partial charge in [0.25, 0.3) is 5.91 Å². The molecule has 0 aliphatic carbocycles. The average Bonchev–Trinajstić information content (AvgIpc) is 2.46. The van der Waals surface area contributed by atoms with Gasteiger partial charge >= 0.3 is 5.97 Å². The Morgan fingerprint density at radius 3 is 2.71 bits per heavy atom. The molecule has 2 rings (SSSR count). The van der Waals surface area contributed by atoms with Crippen molar-refractivity contribution < 1.29 is 19.4 Å². The molecule has 1 aromatic carbocycles. The fourth-order valence-electron chi connectivity index (χ4n) is 2.05. The highest BCUT2D eigenvalue weighted by molar-refractivity contribution is 6.06. The van der Waals surface area contributed by atoms with E-state index in [1.807, 2.05) is 12.1 Å². The van der Waals surface area contributed by atoms with Gasteiger partial charge < -0.3 is 15.2 Å². The number of fused-ring (bicyclic) bond motifs is 1. The van der Waals surface area contributed by atoms with Crippen molar-refractivity contribution in [3.05, 3.63) is 42.2 Å². The smallest absolute Gasteiger partial charge is 0.331 e. The van der Waals surface area contributed by atoms with Crippen LogP contribution in [0, 0.1) is 0 Å². The lowest BCUT2D eigenvalue weighted by molar-refractivity contribution is -0.145. The number of hydrogen-bond acceptors (Lipinski definition) is 4. The topological polar surface area (TPSA) is 88.5 Å². The fraction of sp³-hybridized carbons (Fsp3) is 0.267. The zero-order valence-corrected chi connectivity index (χ0v) is 11.8.